The van der Waals surface area contributed by atoms with Crippen molar-refractivity contribution in [1.82, 2.24) is 14.6 Å². The molecule has 0 saturated carbocycles. The van der Waals surface area contributed by atoms with Crippen molar-refractivity contribution < 1.29 is 13.2 Å². The number of nitrogens with zero attached hydrogens (tertiary/aromatic N) is 2. The van der Waals surface area contributed by atoms with Crippen molar-refractivity contribution in [2.75, 3.05) is 13.1 Å². The van der Waals surface area contributed by atoms with Gasteiger partial charge in [0.05, 0.1) is 0 Å². The van der Waals surface area contributed by atoms with Crippen LogP contribution in [0.3, 0.4) is 0 Å². The van der Waals surface area contributed by atoms with E-state index in [4.69, 9.17) is 11.6 Å². The fourth-order valence-electron chi connectivity index (χ4n) is 1.74. The molecule has 1 aliphatic rings. The third kappa shape index (κ3) is 2.33. The minimum atomic E-state index is -3.71. The van der Waals surface area contributed by atoms with Crippen LogP contribution >= 0.6 is 11.6 Å². The second kappa shape index (κ2) is 4.83. The molecule has 2 heterocycles. The Balaban J connectivity index is 2.36. The monoisotopic (exact) mass is 289 g/mol. The highest BCUT2D eigenvalue weighted by Gasteiger charge is 2.35. The summed E-state index contributed by atoms with van der Waals surface area (Å²) in [4.78, 5) is 15.3. The third-order valence-corrected chi connectivity index (χ3v) is 4.93. The van der Waals surface area contributed by atoms with Crippen molar-refractivity contribution in [3.63, 3.8) is 0 Å². The zero-order valence-electron chi connectivity index (χ0n) is 9.63. The van der Waals surface area contributed by atoms with Crippen LogP contribution in [0.2, 0.25) is 5.15 Å². The highest BCUT2D eigenvalue weighted by Crippen LogP contribution is 2.19. The van der Waals surface area contributed by atoms with Gasteiger partial charge in [-0.3, -0.25) is 4.79 Å². The number of carbonyl (C=O) groups excluding carboxylic acids is 1. The average Bonchev–Trinajstić information content (AvgIpc) is 2.33. The van der Waals surface area contributed by atoms with Gasteiger partial charge in [0.15, 0.2) is 0 Å². The molecule has 18 heavy (non-hydrogen) atoms. The number of rotatable bonds is 2. The van der Waals surface area contributed by atoms with Crippen LogP contribution in [0.4, 0.5) is 0 Å². The maximum absolute atomic E-state index is 12.3. The summed E-state index contributed by atoms with van der Waals surface area (Å²) in [6.45, 7) is 2.11. The topological polar surface area (TPSA) is 79.4 Å². The number of nitrogens with one attached hydrogen (secondary N) is 1. The number of amides is 1. The van der Waals surface area contributed by atoms with Crippen LogP contribution in [0.15, 0.2) is 23.2 Å². The van der Waals surface area contributed by atoms with Crippen LogP contribution in [0, 0.1) is 0 Å². The van der Waals surface area contributed by atoms with Crippen molar-refractivity contribution in [3.8, 4) is 0 Å². The van der Waals surface area contributed by atoms with Gasteiger partial charge in [-0.05, 0) is 19.1 Å². The highest BCUT2D eigenvalue weighted by atomic mass is 35.5. The van der Waals surface area contributed by atoms with Gasteiger partial charge >= 0.3 is 0 Å². The summed E-state index contributed by atoms with van der Waals surface area (Å²) in [5.74, 6) is -0.299. The molecule has 6 nitrogen and oxygen atoms in total. The van der Waals surface area contributed by atoms with E-state index in [-0.39, 0.29) is 22.5 Å². The lowest BCUT2D eigenvalue weighted by Crippen LogP contribution is -2.55. The normalized spacial score (nSPS) is 21.7. The number of sulfonamides is 1. The number of aromatic nitrogens is 1. The quantitative estimate of drug-likeness (QED) is 0.791. The van der Waals surface area contributed by atoms with Gasteiger partial charge in [0.2, 0.25) is 15.9 Å². The lowest BCUT2D eigenvalue weighted by atomic mass is 10.2. The molecule has 1 amide bonds. The van der Waals surface area contributed by atoms with Crippen LogP contribution in [0.1, 0.15) is 6.92 Å². The molecular weight excluding hydrogens is 278 g/mol. The summed E-state index contributed by atoms with van der Waals surface area (Å²) in [6.07, 6.45) is 1.19. The summed E-state index contributed by atoms with van der Waals surface area (Å²) >= 11 is 5.62. The van der Waals surface area contributed by atoms with E-state index >= 15 is 0 Å². The van der Waals surface area contributed by atoms with Gasteiger partial charge in [0, 0.05) is 19.3 Å². The minimum Gasteiger partial charge on any atom is -0.353 e. The Bertz CT molecular complexity index is 558. The predicted octanol–water partition coefficient (Wildman–Crippen LogP) is 0.244. The molecule has 1 aliphatic heterocycles. The van der Waals surface area contributed by atoms with E-state index in [1.165, 1.54) is 18.3 Å². The van der Waals surface area contributed by atoms with E-state index in [9.17, 15) is 13.2 Å². The summed E-state index contributed by atoms with van der Waals surface area (Å²) in [6, 6.07) is 2.06. The maximum atomic E-state index is 12.3. The van der Waals surface area contributed by atoms with Crippen LogP contribution in [0.25, 0.3) is 0 Å². The van der Waals surface area contributed by atoms with Crippen LogP contribution in [-0.4, -0.2) is 42.7 Å². The molecule has 0 spiro atoms. The third-order valence-electron chi connectivity index (χ3n) is 2.75. The first-order valence-electron chi connectivity index (χ1n) is 5.34. The second-order valence-corrected chi connectivity index (χ2v) is 6.18. The van der Waals surface area contributed by atoms with Crippen LogP contribution in [-0.2, 0) is 14.8 Å². The van der Waals surface area contributed by atoms with E-state index in [0.29, 0.717) is 6.54 Å². The summed E-state index contributed by atoms with van der Waals surface area (Å²) < 4.78 is 25.8. The summed E-state index contributed by atoms with van der Waals surface area (Å²) in [5.41, 5.74) is 0. The van der Waals surface area contributed by atoms with Crippen LogP contribution < -0.4 is 5.32 Å². The fourth-order valence-corrected chi connectivity index (χ4v) is 3.39. The molecule has 1 unspecified atom stereocenters. The predicted molar refractivity (Wildman–Crippen MR) is 65.6 cm³/mol. The maximum Gasteiger partial charge on any atom is 0.245 e. The molecular formula is C10H12ClN3O3S. The zero-order chi connectivity index (χ0) is 13.3. The second-order valence-electron chi connectivity index (χ2n) is 3.90. The van der Waals surface area contributed by atoms with Crippen LogP contribution in [0.5, 0.6) is 0 Å². The van der Waals surface area contributed by atoms with Gasteiger partial charge in [-0.15, -0.1) is 0 Å². The van der Waals surface area contributed by atoms with Gasteiger partial charge in [-0.1, -0.05) is 11.6 Å². The molecule has 8 heteroatoms. The number of carbonyl (C=O) groups is 1. The Kier molecular flexibility index (Phi) is 3.56. The molecule has 1 aromatic heterocycles. The molecule has 0 aliphatic carbocycles. The lowest BCUT2D eigenvalue weighted by molar-refractivity contribution is -0.126. The standard InChI is InChI=1S/C10H12ClN3O3S/c1-7-10(15)12-4-5-14(7)18(16,17)8-2-3-9(11)13-6-8/h2-3,6-7H,4-5H2,1H3,(H,12,15). The number of hydrogen-bond donors (Lipinski definition) is 1. The van der Waals surface area contributed by atoms with Crippen molar-refractivity contribution in [2.45, 2.75) is 17.9 Å². The molecule has 0 aromatic carbocycles. The summed E-state index contributed by atoms with van der Waals surface area (Å²) in [5, 5.41) is 2.83. The smallest absolute Gasteiger partial charge is 0.245 e. The van der Waals surface area contributed by atoms with E-state index in [1.54, 1.807) is 6.92 Å². The fraction of sp³-hybridized carbons (Fsp3) is 0.400. The van der Waals surface area contributed by atoms with Crippen molar-refractivity contribution in [3.05, 3.63) is 23.5 Å². The number of hydrogen-bond acceptors (Lipinski definition) is 4. The SMILES string of the molecule is CC1C(=O)NCCN1S(=O)(=O)c1ccc(Cl)nc1. The molecule has 98 valence electrons. The molecule has 1 saturated heterocycles. The van der Waals surface area contributed by atoms with E-state index in [2.05, 4.69) is 10.3 Å². The van der Waals surface area contributed by atoms with Crippen molar-refractivity contribution in [2.24, 2.45) is 0 Å². The van der Waals surface area contributed by atoms with E-state index in [0.717, 1.165) is 4.31 Å². The molecule has 1 aromatic rings. The van der Waals surface area contributed by atoms with E-state index < -0.39 is 16.1 Å². The van der Waals surface area contributed by atoms with Crippen molar-refractivity contribution in [1.29, 1.82) is 0 Å². The van der Waals surface area contributed by atoms with E-state index in [1.807, 2.05) is 0 Å². The van der Waals surface area contributed by atoms with Gasteiger partial charge in [0.1, 0.15) is 16.1 Å². The van der Waals surface area contributed by atoms with Gasteiger partial charge < -0.3 is 5.32 Å². The Hall–Kier alpha value is -1.18. The zero-order valence-corrected chi connectivity index (χ0v) is 11.2. The first kappa shape index (κ1) is 13.3. The lowest BCUT2D eigenvalue weighted by Gasteiger charge is -2.31. The highest BCUT2D eigenvalue weighted by molar-refractivity contribution is 7.89. The molecule has 0 radical (unpaired) electrons. The first-order chi connectivity index (χ1) is 8.43. The van der Waals surface area contributed by atoms with Gasteiger partial charge in [-0.2, -0.15) is 4.31 Å². The minimum absolute atomic E-state index is 0.0356. The van der Waals surface area contributed by atoms with Gasteiger partial charge in [0.25, 0.3) is 0 Å². The van der Waals surface area contributed by atoms with Gasteiger partial charge in [-0.25, -0.2) is 13.4 Å². The number of piperazine rings is 1. The Morgan fingerprint density at radius 1 is 1.50 bits per heavy atom. The molecule has 0 bridgehead atoms. The molecule has 1 atom stereocenters. The van der Waals surface area contributed by atoms with Crippen molar-refractivity contribution >= 4 is 27.5 Å². The summed E-state index contributed by atoms with van der Waals surface area (Å²) in [7, 11) is -3.71. The molecule has 1 fully saturated rings. The molecule has 1 N–H and O–H groups in total. The number of pyridine rings is 1. The Labute approximate surface area is 110 Å². The number of halogens is 1. The first-order valence-corrected chi connectivity index (χ1v) is 7.16. The Morgan fingerprint density at radius 3 is 2.83 bits per heavy atom. The Morgan fingerprint density at radius 2 is 2.22 bits per heavy atom. The largest absolute Gasteiger partial charge is 0.353 e. The molecule has 2 rings (SSSR count). The average molecular weight is 290 g/mol.